The van der Waals surface area contributed by atoms with Gasteiger partial charge in [0.05, 0.1) is 15.5 Å². The highest BCUT2D eigenvalue weighted by Gasteiger charge is 2.18. The van der Waals surface area contributed by atoms with Gasteiger partial charge in [-0.1, -0.05) is 18.9 Å². The summed E-state index contributed by atoms with van der Waals surface area (Å²) in [7, 11) is -7.64. The Morgan fingerprint density at radius 2 is 1.72 bits per heavy atom. The molecule has 2 aromatic rings. The Hall–Kier alpha value is -2.17. The van der Waals surface area contributed by atoms with Crippen LogP contribution in [0.25, 0.3) is 0 Å². The molecule has 1 fully saturated rings. The molecule has 0 aliphatic carbocycles. The van der Waals surface area contributed by atoms with E-state index < -0.39 is 19.9 Å². The van der Waals surface area contributed by atoms with Crippen molar-refractivity contribution in [1.29, 1.82) is 0 Å². The average Bonchev–Trinajstić information content (AvgIpc) is 2.94. The number of hydrogen-bond acceptors (Lipinski definition) is 7. The molecule has 158 valence electrons. The molecule has 0 unspecified atom stereocenters. The lowest BCUT2D eigenvalue weighted by Gasteiger charge is -2.21. The van der Waals surface area contributed by atoms with Crippen LogP contribution in [0.4, 0.5) is 11.5 Å². The van der Waals surface area contributed by atoms with Crippen molar-refractivity contribution in [2.45, 2.75) is 42.0 Å². The maximum absolute atomic E-state index is 12.1. The molecule has 1 aromatic heterocycles. The molecule has 0 saturated carbocycles. The first-order chi connectivity index (χ1) is 13.6. The number of rotatable bonds is 6. The van der Waals surface area contributed by atoms with E-state index in [9.17, 15) is 16.8 Å². The molecule has 1 aromatic carbocycles. The molecule has 0 bridgehead atoms. The number of aromatic nitrogens is 1. The zero-order valence-corrected chi connectivity index (χ0v) is 18.0. The quantitative estimate of drug-likeness (QED) is 0.708. The van der Waals surface area contributed by atoms with Gasteiger partial charge in [-0.3, -0.25) is 0 Å². The van der Waals surface area contributed by atoms with Crippen LogP contribution >= 0.6 is 0 Å². The van der Waals surface area contributed by atoms with Gasteiger partial charge in [-0.2, -0.15) is 0 Å². The largest absolute Gasteiger partial charge is 0.380 e. The molecule has 0 radical (unpaired) electrons. The predicted octanol–water partition coefficient (Wildman–Crippen LogP) is 2.12. The van der Waals surface area contributed by atoms with Crippen molar-refractivity contribution in [2.24, 2.45) is 5.14 Å². The van der Waals surface area contributed by atoms with Crippen LogP contribution in [0.2, 0.25) is 0 Å². The molecule has 29 heavy (non-hydrogen) atoms. The second kappa shape index (κ2) is 8.68. The van der Waals surface area contributed by atoms with Gasteiger partial charge in [0.25, 0.3) is 0 Å². The summed E-state index contributed by atoms with van der Waals surface area (Å²) in [5.74, 6) is 0.949. The van der Waals surface area contributed by atoms with E-state index in [1.807, 2.05) is 12.1 Å². The van der Waals surface area contributed by atoms with Crippen molar-refractivity contribution in [1.82, 2.24) is 4.98 Å². The molecular formula is C19H26N4O4S2. The van der Waals surface area contributed by atoms with Crippen LogP contribution in [0.1, 0.15) is 31.2 Å². The third-order valence-electron chi connectivity index (χ3n) is 4.90. The van der Waals surface area contributed by atoms with Gasteiger partial charge in [0.1, 0.15) is 5.82 Å². The lowest BCUT2D eigenvalue weighted by atomic mass is 10.2. The van der Waals surface area contributed by atoms with Gasteiger partial charge in [0.15, 0.2) is 9.84 Å². The topological polar surface area (TPSA) is 122 Å². The molecule has 1 aliphatic rings. The third kappa shape index (κ3) is 5.68. The first-order valence-corrected chi connectivity index (χ1v) is 12.9. The van der Waals surface area contributed by atoms with Gasteiger partial charge < -0.3 is 10.2 Å². The maximum atomic E-state index is 12.1. The summed E-state index contributed by atoms with van der Waals surface area (Å²) < 4.78 is 47.3. The van der Waals surface area contributed by atoms with E-state index in [4.69, 9.17) is 5.14 Å². The van der Waals surface area contributed by atoms with Crippen LogP contribution in [0.15, 0.2) is 46.3 Å². The summed E-state index contributed by atoms with van der Waals surface area (Å²) in [4.78, 5) is 6.48. The summed E-state index contributed by atoms with van der Waals surface area (Å²) in [5, 5.41) is 8.17. The normalized spacial score (nSPS) is 15.7. The first kappa shape index (κ1) is 21.5. The molecule has 3 rings (SSSR count). The Kier molecular flexibility index (Phi) is 6.45. The molecule has 0 spiro atoms. The average molecular weight is 439 g/mol. The number of nitrogens with two attached hydrogens (primary N) is 1. The molecule has 0 atom stereocenters. The summed E-state index contributed by atoms with van der Waals surface area (Å²) in [6.07, 6.45) is 7.66. The molecule has 10 heteroatoms. The Balaban J connectivity index is 1.75. The van der Waals surface area contributed by atoms with E-state index in [0.717, 1.165) is 36.8 Å². The minimum absolute atomic E-state index is 0.113. The van der Waals surface area contributed by atoms with Crippen molar-refractivity contribution in [3.05, 3.63) is 42.1 Å². The second-order valence-corrected chi connectivity index (χ2v) is 10.8. The van der Waals surface area contributed by atoms with Crippen molar-refractivity contribution < 1.29 is 16.8 Å². The highest BCUT2D eigenvalue weighted by Crippen LogP contribution is 2.25. The monoisotopic (exact) mass is 438 g/mol. The fraction of sp³-hybridized carbons (Fsp3) is 0.421. The van der Waals surface area contributed by atoms with Crippen molar-refractivity contribution in [3.63, 3.8) is 0 Å². The van der Waals surface area contributed by atoms with Gasteiger partial charge in [-0.05, 0) is 42.7 Å². The number of benzene rings is 1. The second-order valence-electron chi connectivity index (χ2n) is 7.25. The van der Waals surface area contributed by atoms with Crippen molar-refractivity contribution in [3.8, 4) is 0 Å². The molecule has 0 amide bonds. The summed E-state index contributed by atoms with van der Waals surface area (Å²) in [6.45, 7) is 2.38. The number of sulfone groups is 1. The van der Waals surface area contributed by atoms with Gasteiger partial charge >= 0.3 is 0 Å². The first-order valence-electron chi connectivity index (χ1n) is 9.45. The van der Waals surface area contributed by atoms with Crippen molar-refractivity contribution in [2.75, 3.05) is 29.6 Å². The molecule has 2 heterocycles. The van der Waals surface area contributed by atoms with Crippen molar-refractivity contribution >= 4 is 31.4 Å². The Morgan fingerprint density at radius 3 is 2.28 bits per heavy atom. The van der Waals surface area contributed by atoms with E-state index in [-0.39, 0.29) is 9.79 Å². The van der Waals surface area contributed by atoms with Crippen LogP contribution in [0.3, 0.4) is 0 Å². The fourth-order valence-corrected chi connectivity index (χ4v) is 4.83. The Labute approximate surface area is 172 Å². The van der Waals surface area contributed by atoms with Gasteiger partial charge in [0.2, 0.25) is 10.0 Å². The Bertz CT molecular complexity index is 1060. The van der Waals surface area contributed by atoms with E-state index in [1.54, 1.807) is 6.20 Å². The predicted molar refractivity (Wildman–Crippen MR) is 113 cm³/mol. The molecule has 3 N–H and O–H groups in total. The highest BCUT2D eigenvalue weighted by atomic mass is 32.2. The minimum Gasteiger partial charge on any atom is -0.380 e. The summed E-state index contributed by atoms with van der Waals surface area (Å²) in [6, 6.07) is 7.71. The molecule has 8 nitrogen and oxygen atoms in total. The van der Waals surface area contributed by atoms with Crippen LogP contribution in [-0.4, -0.2) is 41.2 Å². The van der Waals surface area contributed by atoms with Crippen LogP contribution in [0, 0.1) is 0 Å². The minimum atomic E-state index is -3.99. The van der Waals surface area contributed by atoms with Crippen LogP contribution in [-0.2, 0) is 26.4 Å². The maximum Gasteiger partial charge on any atom is 0.238 e. The van der Waals surface area contributed by atoms with E-state index in [0.29, 0.717) is 12.2 Å². The van der Waals surface area contributed by atoms with Gasteiger partial charge in [-0.25, -0.2) is 27.0 Å². The van der Waals surface area contributed by atoms with E-state index in [1.165, 1.54) is 37.8 Å². The smallest absolute Gasteiger partial charge is 0.238 e. The van der Waals surface area contributed by atoms with E-state index >= 15 is 0 Å². The highest BCUT2D eigenvalue weighted by molar-refractivity contribution is 7.91. The number of anilines is 2. The van der Waals surface area contributed by atoms with Gasteiger partial charge in [-0.15, -0.1) is 0 Å². The SMILES string of the molecule is CS(=O)(=O)c1cc(S(N)(=O)=O)ccc1NCc1ccc(N2CCCCCC2)nc1. The molecule has 1 aliphatic heterocycles. The molecule has 1 saturated heterocycles. The Morgan fingerprint density at radius 1 is 1.03 bits per heavy atom. The number of hydrogen-bond donors (Lipinski definition) is 2. The molecular weight excluding hydrogens is 412 g/mol. The standard InChI is InChI=1S/C19H26N4O4S2/c1-28(24,25)18-12-16(29(20,26)27)7-8-17(18)21-13-15-6-9-19(22-14-15)23-10-4-2-3-5-11-23/h6-9,12,14,21H,2-5,10-11,13H2,1H3,(H2,20,26,27). The summed E-state index contributed by atoms with van der Waals surface area (Å²) in [5.41, 5.74) is 1.20. The zero-order chi connectivity index (χ0) is 21.1. The number of sulfonamides is 1. The lowest BCUT2D eigenvalue weighted by Crippen LogP contribution is -2.24. The van der Waals surface area contributed by atoms with Gasteiger partial charge in [0, 0.05) is 32.1 Å². The lowest BCUT2D eigenvalue weighted by molar-refractivity contribution is 0.597. The van der Waals surface area contributed by atoms with Crippen LogP contribution in [0.5, 0.6) is 0 Å². The van der Waals surface area contributed by atoms with Crippen LogP contribution < -0.4 is 15.4 Å². The fourth-order valence-electron chi connectivity index (χ4n) is 3.34. The number of nitrogens with one attached hydrogen (secondary N) is 1. The zero-order valence-electron chi connectivity index (χ0n) is 16.3. The number of pyridine rings is 1. The number of nitrogens with zero attached hydrogens (tertiary/aromatic N) is 2. The number of primary sulfonamides is 1. The van der Waals surface area contributed by atoms with E-state index in [2.05, 4.69) is 15.2 Å². The summed E-state index contributed by atoms with van der Waals surface area (Å²) >= 11 is 0. The third-order valence-corrected chi connectivity index (χ3v) is 6.95.